The molecule has 0 bridgehead atoms. The van der Waals surface area contributed by atoms with E-state index in [2.05, 4.69) is 0 Å². The molecule has 0 amide bonds. The SMILES string of the molecule is [S-2].[S-2].[S-2].[Sn+3][CH]1CCCC1.[Sn+3][CH]1CCCC1. The molecule has 0 unspecified atom stereocenters. The van der Waals surface area contributed by atoms with Crippen molar-refractivity contribution in [2.75, 3.05) is 0 Å². The van der Waals surface area contributed by atoms with Gasteiger partial charge in [0.25, 0.3) is 0 Å². The first-order valence-corrected chi connectivity index (χ1v) is 8.51. The molecule has 2 saturated carbocycles. The van der Waals surface area contributed by atoms with Gasteiger partial charge in [0.1, 0.15) is 0 Å². The third kappa shape index (κ3) is 12.9. The summed E-state index contributed by atoms with van der Waals surface area (Å²) in [4.78, 5) is 0. The van der Waals surface area contributed by atoms with Gasteiger partial charge in [0, 0.05) is 0 Å². The van der Waals surface area contributed by atoms with Gasteiger partial charge < -0.3 is 40.5 Å². The van der Waals surface area contributed by atoms with Gasteiger partial charge in [-0.1, -0.05) is 0 Å². The average Bonchev–Trinajstić information content (AvgIpc) is 2.63. The van der Waals surface area contributed by atoms with Crippen molar-refractivity contribution in [1.82, 2.24) is 0 Å². The molecular weight excluding hydrogens is 454 g/mol. The Morgan fingerprint density at radius 1 is 0.533 bits per heavy atom. The van der Waals surface area contributed by atoms with Crippen molar-refractivity contribution in [2.45, 2.75) is 59.2 Å². The fraction of sp³-hybridized carbons (Fsp3) is 1.00. The molecule has 0 spiro atoms. The van der Waals surface area contributed by atoms with Crippen molar-refractivity contribution in [3.8, 4) is 0 Å². The Hall–Kier alpha value is 2.65. The first-order chi connectivity index (χ1) is 5.79. The fourth-order valence-electron chi connectivity index (χ4n) is 1.85. The Bertz CT molecular complexity index is 99.2. The van der Waals surface area contributed by atoms with E-state index in [1.165, 1.54) is 51.4 Å². The number of rotatable bonds is 0. The van der Waals surface area contributed by atoms with Crippen LogP contribution in [-0.4, -0.2) is 45.0 Å². The van der Waals surface area contributed by atoms with E-state index in [9.17, 15) is 0 Å². The number of hydrogen-bond acceptors (Lipinski definition) is 0. The van der Waals surface area contributed by atoms with E-state index >= 15 is 0 Å². The van der Waals surface area contributed by atoms with Crippen LogP contribution in [0.5, 0.6) is 0 Å². The van der Waals surface area contributed by atoms with Gasteiger partial charge in [0.15, 0.2) is 0 Å². The van der Waals surface area contributed by atoms with E-state index in [-0.39, 0.29) is 40.5 Å². The molecule has 2 rings (SSSR count). The summed E-state index contributed by atoms with van der Waals surface area (Å²) in [7, 11) is 0. The molecule has 0 heterocycles. The first-order valence-electron chi connectivity index (χ1n) is 5.21. The van der Waals surface area contributed by atoms with Crippen molar-refractivity contribution >= 4 is 85.5 Å². The Labute approximate surface area is 143 Å². The summed E-state index contributed by atoms with van der Waals surface area (Å²) >= 11 is 3.53. The predicted molar refractivity (Wildman–Crippen MR) is 78.0 cm³/mol. The molecule has 0 aliphatic heterocycles. The topological polar surface area (TPSA) is 0 Å². The van der Waals surface area contributed by atoms with Gasteiger partial charge in [-0.2, -0.15) is 0 Å². The maximum absolute atomic E-state index is 1.77. The third-order valence-corrected chi connectivity index (χ3v) is 6.01. The van der Waals surface area contributed by atoms with Crippen molar-refractivity contribution < 1.29 is 0 Å². The summed E-state index contributed by atoms with van der Waals surface area (Å²) in [6.07, 6.45) is 12.1. The Morgan fingerprint density at radius 3 is 0.800 bits per heavy atom. The van der Waals surface area contributed by atoms with Gasteiger partial charge in [-0.3, -0.25) is 0 Å². The molecule has 0 saturated heterocycles. The van der Waals surface area contributed by atoms with Crippen LogP contribution in [0.15, 0.2) is 0 Å². The summed E-state index contributed by atoms with van der Waals surface area (Å²) in [5, 5.41) is 0. The molecular formula is C10H18S3Sn2. The zero-order valence-corrected chi connectivity index (χ0v) is 17.2. The van der Waals surface area contributed by atoms with Gasteiger partial charge in [0.05, 0.1) is 0 Å². The van der Waals surface area contributed by atoms with E-state index < -0.39 is 0 Å². The minimum atomic E-state index is 0. The van der Waals surface area contributed by atoms with E-state index in [4.69, 9.17) is 0 Å². The number of hydrogen-bond donors (Lipinski definition) is 0. The van der Waals surface area contributed by atoms with E-state index in [0.717, 1.165) is 7.87 Å². The minimum absolute atomic E-state index is 0. The predicted octanol–water partition coefficient (Wildman–Crippen LogP) is 3.03. The van der Waals surface area contributed by atoms with Crippen LogP contribution in [0.2, 0.25) is 7.87 Å². The molecule has 0 radical (unpaired) electrons. The van der Waals surface area contributed by atoms with Crippen LogP contribution < -0.4 is 0 Å². The third-order valence-electron chi connectivity index (χ3n) is 2.71. The van der Waals surface area contributed by atoms with Crippen LogP contribution in [0.3, 0.4) is 0 Å². The van der Waals surface area contributed by atoms with Crippen molar-refractivity contribution in [1.29, 1.82) is 0 Å². The molecule has 0 N–H and O–H groups in total. The monoisotopic (exact) mass is 474 g/mol. The molecule has 84 valence electrons. The zero-order valence-electron chi connectivity index (χ0n) is 9.04. The molecule has 0 aromatic heterocycles. The van der Waals surface area contributed by atoms with Crippen molar-refractivity contribution in [3.05, 3.63) is 0 Å². The van der Waals surface area contributed by atoms with Gasteiger partial charge >= 0.3 is 104 Å². The Morgan fingerprint density at radius 2 is 0.733 bits per heavy atom. The summed E-state index contributed by atoms with van der Waals surface area (Å²) in [5.41, 5.74) is 0. The molecule has 15 heavy (non-hydrogen) atoms. The normalized spacial score (nSPS) is 20.5. The van der Waals surface area contributed by atoms with Crippen molar-refractivity contribution in [2.24, 2.45) is 0 Å². The van der Waals surface area contributed by atoms with Crippen molar-refractivity contribution in [3.63, 3.8) is 0 Å². The fourth-order valence-corrected chi connectivity index (χ4v) is 4.18. The van der Waals surface area contributed by atoms with Crippen LogP contribution >= 0.6 is 0 Å². The van der Waals surface area contributed by atoms with Crippen LogP contribution in [0.1, 0.15) is 51.4 Å². The molecule has 2 aliphatic carbocycles. The van der Waals surface area contributed by atoms with Crippen LogP contribution in [-0.2, 0) is 40.5 Å². The second-order valence-corrected chi connectivity index (χ2v) is 8.62. The summed E-state index contributed by atoms with van der Waals surface area (Å²) in [5.74, 6) is 0. The summed E-state index contributed by atoms with van der Waals surface area (Å²) in [6, 6.07) is 0. The van der Waals surface area contributed by atoms with E-state index in [0.29, 0.717) is 0 Å². The molecule has 2 aliphatic rings. The van der Waals surface area contributed by atoms with Crippen LogP contribution in [0, 0.1) is 0 Å². The van der Waals surface area contributed by atoms with Crippen LogP contribution in [0.4, 0.5) is 0 Å². The molecule has 2 fully saturated rings. The van der Waals surface area contributed by atoms with Gasteiger partial charge in [-0.05, 0) is 0 Å². The van der Waals surface area contributed by atoms with Gasteiger partial charge in [-0.25, -0.2) is 0 Å². The standard InChI is InChI=1S/2C5H9.3S.2Sn/c2*1-2-4-5-3-1;;;;;/h2*1H,2-5H2;;;;;/q;;3*-2;2*+3. The summed E-state index contributed by atoms with van der Waals surface area (Å²) in [6.45, 7) is 0. The quantitative estimate of drug-likeness (QED) is 0.477. The Balaban J connectivity index is -0.000000160. The first kappa shape index (κ1) is 22.8. The summed E-state index contributed by atoms with van der Waals surface area (Å²) < 4.78 is 2.27. The van der Waals surface area contributed by atoms with Gasteiger partial charge in [0.2, 0.25) is 0 Å². The second-order valence-electron chi connectivity index (χ2n) is 3.96. The average molecular weight is 472 g/mol. The van der Waals surface area contributed by atoms with E-state index in [1.807, 2.05) is 0 Å². The molecule has 5 heteroatoms. The maximum atomic E-state index is 1.77. The zero-order chi connectivity index (χ0) is 8.81. The van der Waals surface area contributed by atoms with Crippen LogP contribution in [0.25, 0.3) is 0 Å². The molecule has 0 aromatic rings. The molecule has 0 atom stereocenters. The van der Waals surface area contributed by atoms with Gasteiger partial charge in [-0.15, -0.1) is 0 Å². The Kier molecular flexibility index (Phi) is 22.4. The van der Waals surface area contributed by atoms with E-state index in [1.54, 1.807) is 45.0 Å². The molecule has 0 aromatic carbocycles. The second kappa shape index (κ2) is 14.7. The molecule has 0 nitrogen and oxygen atoms in total.